The Balaban J connectivity index is 2.63. The number of carbonyl (C=O) groups is 2. The number of benzene rings is 1. The molecular formula is C21H35N3O2. The lowest BCUT2D eigenvalue weighted by atomic mass is 9.95. The smallest absolute Gasteiger partial charge is 0.234 e. The molecule has 1 atom stereocenters. The largest absolute Gasteiger partial charge is 0.350 e. The molecule has 0 saturated heterocycles. The fraction of sp³-hybridized carbons (Fsp3) is 0.619. The molecule has 2 amide bonds. The van der Waals surface area contributed by atoms with Gasteiger partial charge in [-0.05, 0) is 51.3 Å². The molecule has 2 N–H and O–H groups in total. The van der Waals surface area contributed by atoms with Gasteiger partial charge in [0, 0.05) is 5.54 Å². The van der Waals surface area contributed by atoms with Gasteiger partial charge in [0.15, 0.2) is 0 Å². The highest BCUT2D eigenvalue weighted by atomic mass is 16.2. The highest BCUT2D eigenvalue weighted by Crippen LogP contribution is 2.22. The minimum Gasteiger partial charge on any atom is -0.350 e. The topological polar surface area (TPSA) is 61.4 Å². The van der Waals surface area contributed by atoms with Crippen molar-refractivity contribution in [1.29, 1.82) is 0 Å². The second-order valence-electron chi connectivity index (χ2n) is 8.35. The van der Waals surface area contributed by atoms with E-state index in [9.17, 15) is 9.59 Å². The van der Waals surface area contributed by atoms with Crippen molar-refractivity contribution in [2.45, 2.75) is 59.5 Å². The highest BCUT2D eigenvalue weighted by molar-refractivity contribution is 5.81. The number of nitrogens with one attached hydrogen (secondary N) is 2. The summed E-state index contributed by atoms with van der Waals surface area (Å²) < 4.78 is 0. The first-order chi connectivity index (χ1) is 12.0. The third kappa shape index (κ3) is 8.00. The third-order valence-electron chi connectivity index (χ3n) is 4.07. The Bertz CT molecular complexity index is 588. The summed E-state index contributed by atoms with van der Waals surface area (Å²) in [6.07, 6.45) is 1.00. The fourth-order valence-electron chi connectivity index (χ4n) is 2.82. The van der Waals surface area contributed by atoms with Gasteiger partial charge < -0.3 is 10.6 Å². The van der Waals surface area contributed by atoms with E-state index in [1.54, 1.807) is 11.9 Å². The Hall–Kier alpha value is -1.88. The first-order valence-corrected chi connectivity index (χ1v) is 9.39. The molecule has 0 aliphatic carbocycles. The quantitative estimate of drug-likeness (QED) is 0.748. The van der Waals surface area contributed by atoms with Crippen LogP contribution in [-0.4, -0.2) is 42.4 Å². The first kappa shape index (κ1) is 22.2. The van der Waals surface area contributed by atoms with E-state index in [0.717, 1.165) is 12.0 Å². The second-order valence-corrected chi connectivity index (χ2v) is 8.35. The molecule has 0 saturated carbocycles. The lowest BCUT2D eigenvalue weighted by Crippen LogP contribution is -2.47. The number of nitrogens with zero attached hydrogens (tertiary/aromatic N) is 1. The normalized spacial score (nSPS) is 13.0. The van der Waals surface area contributed by atoms with Crippen LogP contribution >= 0.6 is 0 Å². The molecule has 0 aromatic heterocycles. The lowest BCUT2D eigenvalue weighted by Gasteiger charge is -2.26. The summed E-state index contributed by atoms with van der Waals surface area (Å²) in [6.45, 7) is 12.5. The summed E-state index contributed by atoms with van der Waals surface area (Å²) in [5, 5.41) is 6.02. The third-order valence-corrected chi connectivity index (χ3v) is 4.07. The monoisotopic (exact) mass is 361 g/mol. The van der Waals surface area contributed by atoms with Crippen molar-refractivity contribution in [2.24, 2.45) is 5.92 Å². The van der Waals surface area contributed by atoms with Crippen LogP contribution in [0.4, 0.5) is 0 Å². The number of hydrogen-bond donors (Lipinski definition) is 2. The Labute approximate surface area is 158 Å². The molecule has 0 fully saturated rings. The lowest BCUT2D eigenvalue weighted by molar-refractivity contribution is -0.125. The van der Waals surface area contributed by atoms with E-state index in [2.05, 4.69) is 55.7 Å². The summed E-state index contributed by atoms with van der Waals surface area (Å²) in [5.74, 6) is 0.124. The van der Waals surface area contributed by atoms with Gasteiger partial charge in [-0.25, -0.2) is 0 Å². The Morgan fingerprint density at radius 2 is 1.58 bits per heavy atom. The summed E-state index contributed by atoms with van der Waals surface area (Å²) in [6, 6.07) is 8.36. The molecule has 5 heteroatoms. The van der Waals surface area contributed by atoms with E-state index in [4.69, 9.17) is 0 Å². The number of amides is 2. The first-order valence-electron chi connectivity index (χ1n) is 9.39. The van der Waals surface area contributed by atoms with Crippen molar-refractivity contribution in [2.75, 3.05) is 20.1 Å². The Kier molecular flexibility index (Phi) is 8.28. The van der Waals surface area contributed by atoms with Crippen LogP contribution in [0.3, 0.4) is 0 Å². The van der Waals surface area contributed by atoms with Crippen LogP contribution in [0.2, 0.25) is 0 Å². The van der Waals surface area contributed by atoms with Gasteiger partial charge in [0.25, 0.3) is 0 Å². The minimum atomic E-state index is -0.270. The van der Waals surface area contributed by atoms with Crippen molar-refractivity contribution >= 4 is 11.8 Å². The molecule has 1 rings (SSSR count). The predicted octanol–water partition coefficient (Wildman–Crippen LogP) is 2.91. The summed E-state index contributed by atoms with van der Waals surface area (Å²) in [7, 11) is 1.78. The molecule has 0 unspecified atom stereocenters. The van der Waals surface area contributed by atoms with Crippen molar-refractivity contribution < 1.29 is 9.59 Å². The summed E-state index contributed by atoms with van der Waals surface area (Å²) >= 11 is 0. The van der Waals surface area contributed by atoms with Crippen LogP contribution in [-0.2, 0) is 16.0 Å². The standard InChI is InChI=1S/C21H35N3O2/c1-8-16-9-11-17(12-10-16)20(15(2)3)22-18(25)13-24(7)14-19(26)23-21(4,5)6/h9-12,15,20H,8,13-14H2,1-7H3,(H,22,25)(H,23,26)/t20-/m1/s1. The second kappa shape index (κ2) is 9.72. The van der Waals surface area contributed by atoms with Crippen LogP contribution in [0.5, 0.6) is 0 Å². The van der Waals surface area contributed by atoms with E-state index < -0.39 is 0 Å². The molecule has 0 heterocycles. The maximum atomic E-state index is 12.4. The van der Waals surface area contributed by atoms with E-state index >= 15 is 0 Å². The van der Waals surface area contributed by atoms with Crippen molar-refractivity contribution in [3.05, 3.63) is 35.4 Å². The number of hydrogen-bond acceptors (Lipinski definition) is 3. The molecule has 5 nitrogen and oxygen atoms in total. The van der Waals surface area contributed by atoms with Gasteiger partial charge in [-0.3, -0.25) is 14.5 Å². The van der Waals surface area contributed by atoms with E-state index in [-0.39, 0.29) is 42.4 Å². The van der Waals surface area contributed by atoms with Crippen LogP contribution in [0.1, 0.15) is 58.7 Å². The molecular weight excluding hydrogens is 326 g/mol. The van der Waals surface area contributed by atoms with Crippen molar-refractivity contribution in [3.8, 4) is 0 Å². The van der Waals surface area contributed by atoms with Crippen LogP contribution in [0.25, 0.3) is 0 Å². The zero-order valence-electron chi connectivity index (χ0n) is 17.3. The van der Waals surface area contributed by atoms with Gasteiger partial charge in [-0.2, -0.15) is 0 Å². The van der Waals surface area contributed by atoms with Gasteiger partial charge >= 0.3 is 0 Å². The zero-order valence-corrected chi connectivity index (χ0v) is 17.3. The number of aryl methyl sites for hydroxylation is 1. The summed E-state index contributed by atoms with van der Waals surface area (Å²) in [4.78, 5) is 26.2. The number of likely N-dealkylation sites (N-methyl/N-ethyl adjacent to an activating group) is 1. The number of carbonyl (C=O) groups excluding carboxylic acids is 2. The molecule has 0 spiro atoms. The van der Waals surface area contributed by atoms with Gasteiger partial charge in [-0.15, -0.1) is 0 Å². The highest BCUT2D eigenvalue weighted by Gasteiger charge is 2.20. The fourth-order valence-corrected chi connectivity index (χ4v) is 2.82. The van der Waals surface area contributed by atoms with Crippen LogP contribution in [0.15, 0.2) is 24.3 Å². The van der Waals surface area contributed by atoms with E-state index in [1.165, 1.54) is 5.56 Å². The molecule has 1 aromatic carbocycles. The van der Waals surface area contributed by atoms with Gasteiger partial charge in [0.05, 0.1) is 19.1 Å². The van der Waals surface area contributed by atoms with Crippen molar-refractivity contribution in [3.63, 3.8) is 0 Å². The average molecular weight is 362 g/mol. The van der Waals surface area contributed by atoms with E-state index in [0.29, 0.717) is 0 Å². The average Bonchev–Trinajstić information content (AvgIpc) is 2.50. The molecule has 0 bridgehead atoms. The molecule has 0 aliphatic rings. The van der Waals surface area contributed by atoms with E-state index in [1.807, 2.05) is 20.8 Å². The molecule has 146 valence electrons. The SMILES string of the molecule is CCc1ccc([C@H](NC(=O)CN(C)CC(=O)NC(C)(C)C)C(C)C)cc1. The van der Waals surface area contributed by atoms with Crippen LogP contribution < -0.4 is 10.6 Å². The van der Waals surface area contributed by atoms with Crippen molar-refractivity contribution in [1.82, 2.24) is 15.5 Å². The Morgan fingerprint density at radius 3 is 2.04 bits per heavy atom. The Morgan fingerprint density at radius 1 is 1.04 bits per heavy atom. The van der Waals surface area contributed by atoms with Gasteiger partial charge in [0.1, 0.15) is 0 Å². The molecule has 0 radical (unpaired) electrons. The molecule has 1 aromatic rings. The maximum absolute atomic E-state index is 12.4. The predicted molar refractivity (Wildman–Crippen MR) is 107 cm³/mol. The zero-order chi connectivity index (χ0) is 19.9. The summed E-state index contributed by atoms with van der Waals surface area (Å²) in [5.41, 5.74) is 2.12. The van der Waals surface area contributed by atoms with Crippen LogP contribution in [0, 0.1) is 5.92 Å². The van der Waals surface area contributed by atoms with Gasteiger partial charge in [0.2, 0.25) is 11.8 Å². The molecule has 26 heavy (non-hydrogen) atoms. The molecule has 0 aliphatic heterocycles. The van der Waals surface area contributed by atoms with Gasteiger partial charge in [-0.1, -0.05) is 45.0 Å². The minimum absolute atomic E-state index is 0.0368. The number of rotatable bonds is 8. The maximum Gasteiger partial charge on any atom is 0.234 e.